The molecule has 1 aliphatic heterocycles. The van der Waals surface area contributed by atoms with E-state index >= 15 is 0 Å². The Balaban J connectivity index is 2.20. The van der Waals surface area contributed by atoms with Crippen LogP contribution in [0.5, 0.6) is 0 Å². The Morgan fingerprint density at radius 2 is 1.95 bits per heavy atom. The lowest BCUT2D eigenvalue weighted by atomic mass is 9.98. The predicted octanol–water partition coefficient (Wildman–Crippen LogP) is 3.57. The van der Waals surface area contributed by atoms with Crippen molar-refractivity contribution in [2.24, 2.45) is 0 Å². The first-order chi connectivity index (χ1) is 9.10. The highest BCUT2D eigenvalue weighted by Gasteiger charge is 2.30. The fraction of sp³-hybridized carbons (Fsp3) is 0.600. The molecule has 1 aliphatic rings. The number of hydrogen-bond acceptors (Lipinski definition) is 2. The molecule has 106 valence electrons. The van der Waals surface area contributed by atoms with Crippen LogP contribution in [0.1, 0.15) is 44.7 Å². The van der Waals surface area contributed by atoms with Gasteiger partial charge in [-0.3, -0.25) is 0 Å². The number of benzene rings is 1. The fourth-order valence-electron chi connectivity index (χ4n) is 2.60. The summed E-state index contributed by atoms with van der Waals surface area (Å²) in [6.45, 7) is 4.90. The van der Waals surface area contributed by atoms with E-state index in [1.165, 1.54) is 12.1 Å². The first-order valence-electron chi connectivity index (χ1n) is 6.95. The van der Waals surface area contributed by atoms with Crippen LogP contribution in [0.15, 0.2) is 18.2 Å². The van der Waals surface area contributed by atoms with Crippen LogP contribution in [0.25, 0.3) is 0 Å². The van der Waals surface area contributed by atoms with E-state index in [2.05, 4.69) is 12.2 Å². The maximum Gasteiger partial charge on any atom is 0.126 e. The van der Waals surface area contributed by atoms with Gasteiger partial charge in [0.1, 0.15) is 11.6 Å². The number of hydrogen-bond donors (Lipinski definition) is 1. The van der Waals surface area contributed by atoms with Crippen molar-refractivity contribution in [3.63, 3.8) is 0 Å². The lowest BCUT2D eigenvalue weighted by Crippen LogP contribution is -2.32. The third-order valence-corrected chi connectivity index (χ3v) is 3.49. The molecule has 1 saturated heterocycles. The molecule has 3 unspecified atom stereocenters. The van der Waals surface area contributed by atoms with Crippen molar-refractivity contribution in [1.82, 2.24) is 5.32 Å². The second-order valence-electron chi connectivity index (χ2n) is 5.20. The van der Waals surface area contributed by atoms with Crippen LogP contribution in [0.3, 0.4) is 0 Å². The van der Waals surface area contributed by atoms with Crippen LogP contribution in [-0.4, -0.2) is 18.8 Å². The Bertz CT molecular complexity index is 404. The lowest BCUT2D eigenvalue weighted by molar-refractivity contribution is 0.0315. The van der Waals surface area contributed by atoms with E-state index in [1.807, 2.05) is 6.92 Å². The summed E-state index contributed by atoms with van der Waals surface area (Å²) in [6, 6.07) is 3.54. The Labute approximate surface area is 113 Å². The number of nitrogens with one attached hydrogen (secondary N) is 1. The van der Waals surface area contributed by atoms with Crippen molar-refractivity contribution >= 4 is 0 Å². The second kappa shape index (κ2) is 6.44. The summed E-state index contributed by atoms with van der Waals surface area (Å²) in [4.78, 5) is 0. The molecule has 0 bridgehead atoms. The third kappa shape index (κ3) is 3.74. The lowest BCUT2D eigenvalue weighted by Gasteiger charge is -2.25. The van der Waals surface area contributed by atoms with Gasteiger partial charge in [-0.25, -0.2) is 8.78 Å². The van der Waals surface area contributed by atoms with E-state index in [-0.39, 0.29) is 18.2 Å². The molecule has 19 heavy (non-hydrogen) atoms. The van der Waals surface area contributed by atoms with E-state index in [9.17, 15) is 8.78 Å². The molecule has 1 N–H and O–H groups in total. The minimum absolute atomic E-state index is 0.0113. The first-order valence-corrected chi connectivity index (χ1v) is 6.95. The van der Waals surface area contributed by atoms with Crippen LogP contribution >= 0.6 is 0 Å². The smallest absolute Gasteiger partial charge is 0.126 e. The summed E-state index contributed by atoms with van der Waals surface area (Å²) < 4.78 is 32.6. The number of halogens is 2. The fourth-order valence-corrected chi connectivity index (χ4v) is 2.60. The second-order valence-corrected chi connectivity index (χ2v) is 5.20. The van der Waals surface area contributed by atoms with Gasteiger partial charge in [-0.1, -0.05) is 6.92 Å². The largest absolute Gasteiger partial charge is 0.373 e. The summed E-state index contributed by atoms with van der Waals surface area (Å²) >= 11 is 0. The van der Waals surface area contributed by atoms with Gasteiger partial charge in [-0.15, -0.1) is 0 Å². The van der Waals surface area contributed by atoms with Crippen molar-refractivity contribution in [2.75, 3.05) is 6.54 Å². The van der Waals surface area contributed by atoms with E-state index < -0.39 is 11.6 Å². The maximum atomic E-state index is 13.4. The Hall–Kier alpha value is -1.00. The average molecular weight is 269 g/mol. The summed E-state index contributed by atoms with van der Waals surface area (Å²) in [5.74, 6) is -1.08. The van der Waals surface area contributed by atoms with Crippen LogP contribution in [0.4, 0.5) is 8.78 Å². The topological polar surface area (TPSA) is 21.3 Å². The van der Waals surface area contributed by atoms with Gasteiger partial charge in [0, 0.05) is 6.07 Å². The Morgan fingerprint density at radius 3 is 2.47 bits per heavy atom. The highest BCUT2D eigenvalue weighted by atomic mass is 19.1. The summed E-state index contributed by atoms with van der Waals surface area (Å²) in [6.07, 6.45) is 3.08. The molecule has 1 aromatic carbocycles. The van der Waals surface area contributed by atoms with Gasteiger partial charge in [-0.05, 0) is 50.4 Å². The third-order valence-electron chi connectivity index (χ3n) is 3.49. The van der Waals surface area contributed by atoms with Gasteiger partial charge in [0.05, 0.1) is 18.2 Å². The summed E-state index contributed by atoms with van der Waals surface area (Å²) in [5, 5.41) is 3.34. The average Bonchev–Trinajstić information content (AvgIpc) is 2.75. The Kier molecular flexibility index (Phi) is 4.88. The van der Waals surface area contributed by atoms with Crippen LogP contribution < -0.4 is 5.32 Å². The van der Waals surface area contributed by atoms with Crippen LogP contribution in [0, 0.1) is 11.6 Å². The van der Waals surface area contributed by atoms with Crippen LogP contribution in [-0.2, 0) is 4.74 Å². The van der Waals surface area contributed by atoms with E-state index in [4.69, 9.17) is 4.74 Å². The van der Waals surface area contributed by atoms with Gasteiger partial charge in [0.25, 0.3) is 0 Å². The molecule has 0 radical (unpaired) electrons. The normalized spacial score (nSPS) is 24.6. The molecule has 0 saturated carbocycles. The SMILES string of the molecule is CCCNC(c1cc(F)cc(F)c1)C1CCC(C)O1. The molecule has 4 heteroatoms. The molecule has 1 fully saturated rings. The van der Waals surface area contributed by atoms with Crippen molar-refractivity contribution in [3.8, 4) is 0 Å². The van der Waals surface area contributed by atoms with Crippen LogP contribution in [0.2, 0.25) is 0 Å². The van der Waals surface area contributed by atoms with E-state index in [0.717, 1.165) is 31.9 Å². The molecular formula is C15H21F2NO. The standard InChI is InChI=1S/C15H21F2NO/c1-3-6-18-15(14-5-4-10(2)19-14)11-7-12(16)9-13(17)8-11/h7-10,14-15,18H,3-6H2,1-2H3. The zero-order chi connectivity index (χ0) is 13.8. The molecule has 0 aliphatic carbocycles. The number of ether oxygens (including phenoxy) is 1. The first kappa shape index (κ1) is 14.4. The molecule has 1 aromatic rings. The zero-order valence-electron chi connectivity index (χ0n) is 11.5. The summed E-state index contributed by atoms with van der Waals surface area (Å²) in [7, 11) is 0. The highest BCUT2D eigenvalue weighted by molar-refractivity contribution is 5.23. The summed E-state index contributed by atoms with van der Waals surface area (Å²) in [5.41, 5.74) is 0.630. The maximum absolute atomic E-state index is 13.4. The molecule has 2 nitrogen and oxygen atoms in total. The Morgan fingerprint density at radius 1 is 1.26 bits per heavy atom. The van der Waals surface area contributed by atoms with Crippen molar-refractivity contribution in [3.05, 3.63) is 35.4 Å². The van der Waals surface area contributed by atoms with Gasteiger partial charge in [0.2, 0.25) is 0 Å². The van der Waals surface area contributed by atoms with Gasteiger partial charge in [-0.2, -0.15) is 0 Å². The molecule has 2 rings (SSSR count). The minimum Gasteiger partial charge on any atom is -0.373 e. The monoisotopic (exact) mass is 269 g/mol. The number of rotatable bonds is 5. The van der Waals surface area contributed by atoms with Crippen molar-refractivity contribution in [2.45, 2.75) is 51.4 Å². The van der Waals surface area contributed by atoms with E-state index in [0.29, 0.717) is 5.56 Å². The van der Waals surface area contributed by atoms with E-state index in [1.54, 1.807) is 0 Å². The quantitative estimate of drug-likeness (QED) is 0.882. The molecule has 3 atom stereocenters. The van der Waals surface area contributed by atoms with Gasteiger partial charge < -0.3 is 10.1 Å². The zero-order valence-corrected chi connectivity index (χ0v) is 11.5. The molecule has 0 aromatic heterocycles. The highest BCUT2D eigenvalue weighted by Crippen LogP contribution is 2.30. The van der Waals surface area contributed by atoms with Crippen molar-refractivity contribution in [1.29, 1.82) is 0 Å². The molecule has 1 heterocycles. The van der Waals surface area contributed by atoms with Gasteiger partial charge in [0.15, 0.2) is 0 Å². The van der Waals surface area contributed by atoms with Crippen molar-refractivity contribution < 1.29 is 13.5 Å². The van der Waals surface area contributed by atoms with Gasteiger partial charge >= 0.3 is 0 Å². The minimum atomic E-state index is -0.538. The molecule has 0 amide bonds. The molecular weight excluding hydrogens is 248 g/mol. The molecule has 0 spiro atoms. The predicted molar refractivity (Wildman–Crippen MR) is 71.0 cm³/mol.